The molecule has 1 heterocycles. The number of fused-ring (bicyclic) bond motifs is 1. The van der Waals surface area contributed by atoms with Gasteiger partial charge in [-0.1, -0.05) is 72.3 Å². The molecule has 23 heavy (non-hydrogen) atoms. The van der Waals surface area contributed by atoms with Crippen LogP contribution in [0.3, 0.4) is 0 Å². The fraction of sp³-hybridized carbons (Fsp3) is 0.619. The fourth-order valence-electron chi connectivity index (χ4n) is 5.08. The first kappa shape index (κ1) is 18.3. The monoisotopic (exact) mass is 329 g/mol. The lowest BCUT2D eigenvalue weighted by Gasteiger charge is -2.44. The quantitative estimate of drug-likeness (QED) is 0.681. The van der Waals surface area contributed by atoms with Crippen LogP contribution in [-0.4, -0.2) is 12.5 Å². The Morgan fingerprint density at radius 3 is 2.13 bits per heavy atom. The molecule has 2 rings (SSSR count). The number of aromatic nitrogens is 1. The van der Waals surface area contributed by atoms with Crippen molar-refractivity contribution in [1.29, 1.82) is 0 Å². The maximum absolute atomic E-state index is 2.74. The molecule has 0 aliphatic heterocycles. The minimum Gasteiger partial charge on any atom is -0.373 e. The Kier molecular flexibility index (Phi) is 5.45. The van der Waals surface area contributed by atoms with E-state index in [1.165, 1.54) is 16.1 Å². The molecule has 1 unspecified atom stereocenters. The van der Waals surface area contributed by atoms with E-state index in [1.807, 2.05) is 0 Å². The highest BCUT2D eigenvalue weighted by Gasteiger charge is 2.45. The van der Waals surface area contributed by atoms with Gasteiger partial charge in [0.05, 0.1) is 0 Å². The molecule has 0 fully saturated rings. The Bertz CT molecular complexity index is 666. The van der Waals surface area contributed by atoms with Crippen LogP contribution in [0.5, 0.6) is 0 Å². The van der Waals surface area contributed by atoms with Crippen molar-refractivity contribution in [3.05, 3.63) is 34.5 Å². The molecule has 1 aliphatic carbocycles. The van der Waals surface area contributed by atoms with Crippen molar-refractivity contribution >= 4 is 20.4 Å². The topological polar surface area (TPSA) is 4.93 Å². The number of hydrogen-bond donors (Lipinski definition) is 0. The standard InChI is InChI=1S/C21H35NSi/c1-15(2)23(16(3)4,17(5)6)22-12-11-20-14-19(8)13-18(7)9-10-21(20)22/h10-18H,9H2,1-8H3/b19-13?,20-14?,21-10-. The van der Waals surface area contributed by atoms with Crippen molar-refractivity contribution in [2.75, 3.05) is 0 Å². The lowest BCUT2D eigenvalue weighted by molar-refractivity contribution is 0.744. The first-order chi connectivity index (χ1) is 10.7. The molecule has 1 atom stereocenters. The highest BCUT2D eigenvalue weighted by molar-refractivity contribution is 6.82. The Morgan fingerprint density at radius 2 is 1.61 bits per heavy atom. The van der Waals surface area contributed by atoms with Crippen LogP contribution in [0.15, 0.2) is 23.9 Å². The summed E-state index contributed by atoms with van der Waals surface area (Å²) in [6.45, 7) is 19.2. The van der Waals surface area contributed by atoms with Crippen LogP contribution in [0.25, 0.3) is 12.2 Å². The average Bonchev–Trinajstić information content (AvgIpc) is 2.76. The van der Waals surface area contributed by atoms with E-state index in [2.05, 4.69) is 90.1 Å². The van der Waals surface area contributed by atoms with Crippen molar-refractivity contribution in [2.24, 2.45) is 5.92 Å². The second kappa shape index (κ2) is 6.84. The van der Waals surface area contributed by atoms with Gasteiger partial charge in [-0.3, -0.25) is 0 Å². The van der Waals surface area contributed by atoms with E-state index >= 15 is 0 Å². The van der Waals surface area contributed by atoms with Gasteiger partial charge < -0.3 is 4.23 Å². The van der Waals surface area contributed by atoms with Gasteiger partial charge in [0.25, 0.3) is 0 Å². The molecule has 0 bridgehead atoms. The maximum Gasteiger partial charge on any atom is 0.169 e. The van der Waals surface area contributed by atoms with E-state index in [0.717, 1.165) is 23.0 Å². The second-order valence-electron chi connectivity index (χ2n) is 8.35. The third-order valence-corrected chi connectivity index (χ3v) is 12.5. The molecule has 0 saturated carbocycles. The van der Waals surface area contributed by atoms with Crippen LogP contribution in [0.2, 0.25) is 16.6 Å². The summed E-state index contributed by atoms with van der Waals surface area (Å²) in [4.78, 5) is 0. The van der Waals surface area contributed by atoms with Crippen molar-refractivity contribution < 1.29 is 0 Å². The molecule has 128 valence electrons. The minimum atomic E-state index is -1.67. The summed E-state index contributed by atoms with van der Waals surface area (Å²) in [5.74, 6) is 0.621. The van der Waals surface area contributed by atoms with Crippen molar-refractivity contribution in [3.63, 3.8) is 0 Å². The van der Waals surface area contributed by atoms with Crippen LogP contribution in [0, 0.1) is 5.92 Å². The van der Waals surface area contributed by atoms with E-state index in [0.29, 0.717) is 5.92 Å². The van der Waals surface area contributed by atoms with E-state index in [9.17, 15) is 0 Å². The van der Waals surface area contributed by atoms with Gasteiger partial charge in [0.1, 0.15) is 0 Å². The zero-order valence-electron chi connectivity index (χ0n) is 16.4. The summed E-state index contributed by atoms with van der Waals surface area (Å²) in [5, 5.41) is 2.89. The third kappa shape index (κ3) is 3.15. The van der Waals surface area contributed by atoms with E-state index < -0.39 is 8.24 Å². The highest BCUT2D eigenvalue weighted by atomic mass is 28.3. The molecule has 0 saturated heterocycles. The highest BCUT2D eigenvalue weighted by Crippen LogP contribution is 2.41. The minimum absolute atomic E-state index is 0.621. The van der Waals surface area contributed by atoms with Crippen molar-refractivity contribution in [3.8, 4) is 0 Å². The summed E-state index contributed by atoms with van der Waals surface area (Å²) >= 11 is 0. The first-order valence-corrected chi connectivity index (χ1v) is 11.5. The predicted molar refractivity (Wildman–Crippen MR) is 107 cm³/mol. The van der Waals surface area contributed by atoms with Gasteiger partial charge in [-0.2, -0.15) is 0 Å². The molecule has 1 nitrogen and oxygen atoms in total. The van der Waals surface area contributed by atoms with Crippen molar-refractivity contribution in [2.45, 2.75) is 78.4 Å². The van der Waals surface area contributed by atoms with Crippen molar-refractivity contribution in [1.82, 2.24) is 4.23 Å². The Hall–Kier alpha value is -1.02. The van der Waals surface area contributed by atoms with E-state index in [1.54, 1.807) is 0 Å². The average molecular weight is 330 g/mol. The first-order valence-electron chi connectivity index (χ1n) is 9.29. The van der Waals surface area contributed by atoms with Gasteiger partial charge in [0, 0.05) is 5.35 Å². The van der Waals surface area contributed by atoms with Crippen LogP contribution in [-0.2, 0) is 0 Å². The molecule has 0 N–H and O–H groups in total. The second-order valence-corrected chi connectivity index (χ2v) is 14.1. The molecule has 1 aliphatic rings. The van der Waals surface area contributed by atoms with Gasteiger partial charge in [-0.25, -0.2) is 0 Å². The van der Waals surface area contributed by atoms with Gasteiger partial charge in [0.2, 0.25) is 0 Å². The number of rotatable bonds is 4. The summed E-state index contributed by atoms with van der Waals surface area (Å²) in [6, 6.07) is 2.34. The van der Waals surface area contributed by atoms with Crippen LogP contribution < -0.4 is 10.6 Å². The zero-order chi connectivity index (χ0) is 17.4. The molecule has 0 aromatic carbocycles. The summed E-state index contributed by atoms with van der Waals surface area (Å²) < 4.78 is 2.74. The zero-order valence-corrected chi connectivity index (χ0v) is 17.4. The molecule has 0 radical (unpaired) electrons. The lowest BCUT2D eigenvalue weighted by Crippen LogP contribution is -2.57. The summed E-state index contributed by atoms with van der Waals surface area (Å²) in [6.07, 6.45) is 10.8. The molecule has 1 aromatic rings. The van der Waals surface area contributed by atoms with Gasteiger partial charge in [0.15, 0.2) is 8.24 Å². The van der Waals surface area contributed by atoms with Gasteiger partial charge >= 0.3 is 0 Å². The maximum atomic E-state index is 2.74. The van der Waals surface area contributed by atoms with Gasteiger partial charge in [-0.15, -0.1) is 0 Å². The van der Waals surface area contributed by atoms with E-state index in [4.69, 9.17) is 0 Å². The largest absolute Gasteiger partial charge is 0.373 e. The number of hydrogen-bond acceptors (Lipinski definition) is 0. The molecule has 1 aromatic heterocycles. The number of nitrogens with zero attached hydrogens (tertiary/aromatic N) is 1. The van der Waals surface area contributed by atoms with Crippen LogP contribution in [0.1, 0.15) is 61.8 Å². The SMILES string of the molecule is CC1=CC(C)C/C=c2/c(ccn2[Si](C(C)C)(C(C)C)C(C)C)=C1. The molecule has 0 spiro atoms. The molecular weight excluding hydrogens is 294 g/mol. The third-order valence-electron chi connectivity index (χ3n) is 5.76. The molecule has 0 amide bonds. The molecule has 2 heteroatoms. The Labute approximate surface area is 143 Å². The lowest BCUT2D eigenvalue weighted by atomic mass is 10.0. The Balaban J connectivity index is 2.80. The smallest absolute Gasteiger partial charge is 0.169 e. The van der Waals surface area contributed by atoms with Crippen LogP contribution in [0.4, 0.5) is 0 Å². The Morgan fingerprint density at radius 1 is 1.04 bits per heavy atom. The fourth-order valence-corrected chi connectivity index (χ4v) is 11.7. The summed E-state index contributed by atoms with van der Waals surface area (Å²) in [5.41, 5.74) is 3.58. The van der Waals surface area contributed by atoms with Gasteiger partial charge in [-0.05, 0) is 53.4 Å². The number of allylic oxidation sites excluding steroid dienone is 2. The van der Waals surface area contributed by atoms with E-state index in [-0.39, 0.29) is 0 Å². The summed E-state index contributed by atoms with van der Waals surface area (Å²) in [7, 11) is -1.67. The molecular formula is C21H35NSi. The van der Waals surface area contributed by atoms with Crippen LogP contribution >= 0.6 is 0 Å². The predicted octanol–water partition coefficient (Wildman–Crippen LogP) is 5.06. The normalized spacial score (nSPS) is 20.6.